The summed E-state index contributed by atoms with van der Waals surface area (Å²) >= 11 is 0. The lowest BCUT2D eigenvalue weighted by molar-refractivity contribution is -0.128. The highest BCUT2D eigenvalue weighted by molar-refractivity contribution is 6.01. The van der Waals surface area contributed by atoms with E-state index in [1.807, 2.05) is 24.0 Å². The Morgan fingerprint density at radius 3 is 2.88 bits per heavy atom. The topological polar surface area (TPSA) is 53.5 Å². The number of fused-ring (bicyclic) bond motifs is 1. The molecule has 0 bridgehead atoms. The zero-order valence-electron chi connectivity index (χ0n) is 14.5. The molecule has 2 aromatic rings. The minimum absolute atomic E-state index is 0.0101. The lowest BCUT2D eigenvalue weighted by Gasteiger charge is -2.28. The smallest absolute Gasteiger partial charge is 0.233 e. The van der Waals surface area contributed by atoms with Crippen molar-refractivity contribution in [1.29, 1.82) is 0 Å². The van der Waals surface area contributed by atoms with Crippen molar-refractivity contribution in [3.63, 3.8) is 0 Å². The third kappa shape index (κ3) is 2.60. The van der Waals surface area contributed by atoms with Crippen LogP contribution in [0.3, 0.4) is 0 Å². The largest absolute Gasteiger partial charge is 0.338 e. The summed E-state index contributed by atoms with van der Waals surface area (Å²) in [6.45, 7) is 2.72. The summed E-state index contributed by atoms with van der Waals surface area (Å²) in [6, 6.07) is 9.79. The third-order valence-corrected chi connectivity index (χ3v) is 5.33. The summed E-state index contributed by atoms with van der Waals surface area (Å²) in [5.41, 5.74) is 4.26. The number of amides is 2. The number of anilines is 1. The fourth-order valence-corrected chi connectivity index (χ4v) is 4.02. The van der Waals surface area contributed by atoms with Crippen LogP contribution in [0.5, 0.6) is 0 Å². The summed E-state index contributed by atoms with van der Waals surface area (Å²) in [7, 11) is 1.77. The molecule has 0 saturated carbocycles. The van der Waals surface area contributed by atoms with E-state index in [2.05, 4.69) is 23.2 Å². The number of carbonyl (C=O) groups excluding carboxylic acids is 2. The van der Waals surface area contributed by atoms with Crippen LogP contribution in [0.15, 0.2) is 42.7 Å². The van der Waals surface area contributed by atoms with E-state index in [0.29, 0.717) is 6.54 Å². The van der Waals surface area contributed by atoms with E-state index < -0.39 is 0 Å². The quantitative estimate of drug-likeness (QED) is 0.847. The van der Waals surface area contributed by atoms with E-state index in [1.165, 1.54) is 5.56 Å². The number of nitrogens with zero attached hydrogens (tertiary/aromatic N) is 3. The number of rotatable bonds is 2. The molecule has 3 heterocycles. The lowest BCUT2D eigenvalue weighted by Crippen LogP contribution is -2.37. The number of likely N-dealkylation sites (tertiary alicyclic amines) is 1. The first-order valence-electron chi connectivity index (χ1n) is 8.63. The molecule has 1 aromatic carbocycles. The minimum atomic E-state index is -0.367. The molecule has 1 aromatic heterocycles. The first kappa shape index (κ1) is 15.8. The maximum absolute atomic E-state index is 13.3. The second kappa shape index (κ2) is 5.99. The van der Waals surface area contributed by atoms with Gasteiger partial charge in [-0.3, -0.25) is 14.6 Å². The van der Waals surface area contributed by atoms with Crippen molar-refractivity contribution in [1.82, 2.24) is 9.88 Å². The molecule has 2 atom stereocenters. The van der Waals surface area contributed by atoms with Crippen LogP contribution in [0.1, 0.15) is 29.2 Å². The molecule has 5 nitrogen and oxygen atoms in total. The van der Waals surface area contributed by atoms with Gasteiger partial charge in [-0.1, -0.05) is 18.2 Å². The molecule has 0 spiro atoms. The van der Waals surface area contributed by atoms with Gasteiger partial charge in [0.1, 0.15) is 0 Å². The standard InChI is InChI=1S/C20H21N3O2/c1-13-5-6-14-7-9-23(17(14)10-13)20(25)16-11-18(24)22(2)19(16)15-4-3-8-21-12-15/h3-6,8,10,12,16,19H,7,9,11H2,1-2H3/t16-,19+/m1/s1. The van der Waals surface area contributed by atoms with Crippen LogP contribution in [-0.2, 0) is 16.0 Å². The van der Waals surface area contributed by atoms with Crippen molar-refractivity contribution in [2.45, 2.75) is 25.8 Å². The Balaban J connectivity index is 1.68. The summed E-state index contributed by atoms with van der Waals surface area (Å²) in [6.07, 6.45) is 4.58. The number of hydrogen-bond donors (Lipinski definition) is 0. The molecule has 1 fully saturated rings. The molecule has 128 valence electrons. The SMILES string of the molecule is Cc1ccc2c(c1)N(C(=O)[C@@H]1CC(=O)N(C)[C@H]1c1cccnc1)CC2. The van der Waals surface area contributed by atoms with E-state index in [1.54, 1.807) is 24.3 Å². The third-order valence-electron chi connectivity index (χ3n) is 5.33. The van der Waals surface area contributed by atoms with E-state index in [9.17, 15) is 9.59 Å². The molecule has 2 amide bonds. The van der Waals surface area contributed by atoms with Crippen molar-refractivity contribution in [2.24, 2.45) is 5.92 Å². The van der Waals surface area contributed by atoms with Gasteiger partial charge in [0.15, 0.2) is 0 Å². The number of pyridine rings is 1. The minimum Gasteiger partial charge on any atom is -0.338 e. The predicted octanol–water partition coefficient (Wildman–Crippen LogP) is 2.50. The molecule has 2 aliphatic heterocycles. The van der Waals surface area contributed by atoms with Gasteiger partial charge < -0.3 is 9.80 Å². The molecule has 5 heteroatoms. The first-order chi connectivity index (χ1) is 12.1. The summed E-state index contributed by atoms with van der Waals surface area (Å²) in [5, 5.41) is 0. The first-order valence-corrected chi connectivity index (χ1v) is 8.63. The number of hydrogen-bond acceptors (Lipinski definition) is 3. The summed E-state index contributed by atoms with van der Waals surface area (Å²) in [4.78, 5) is 33.4. The van der Waals surface area contributed by atoms with Crippen LogP contribution in [0, 0.1) is 12.8 Å². The van der Waals surface area contributed by atoms with Crippen molar-refractivity contribution in [3.05, 3.63) is 59.4 Å². The predicted molar refractivity (Wildman–Crippen MR) is 95.1 cm³/mol. The maximum Gasteiger partial charge on any atom is 0.233 e. The van der Waals surface area contributed by atoms with E-state index in [-0.39, 0.29) is 30.2 Å². The van der Waals surface area contributed by atoms with Crippen LogP contribution in [0.2, 0.25) is 0 Å². The van der Waals surface area contributed by atoms with E-state index in [0.717, 1.165) is 23.2 Å². The highest BCUT2D eigenvalue weighted by atomic mass is 16.2. The van der Waals surface area contributed by atoms with Gasteiger partial charge in [-0.2, -0.15) is 0 Å². The molecule has 2 aliphatic rings. The molecule has 0 unspecified atom stereocenters. The Morgan fingerprint density at radius 1 is 1.28 bits per heavy atom. The Kier molecular flexibility index (Phi) is 3.79. The zero-order chi connectivity index (χ0) is 17.6. The lowest BCUT2D eigenvalue weighted by atomic mass is 9.93. The number of benzene rings is 1. The van der Waals surface area contributed by atoms with E-state index in [4.69, 9.17) is 0 Å². The average molecular weight is 335 g/mol. The van der Waals surface area contributed by atoms with Crippen molar-refractivity contribution >= 4 is 17.5 Å². The number of carbonyl (C=O) groups is 2. The Hall–Kier alpha value is -2.69. The van der Waals surface area contributed by atoms with Gasteiger partial charge in [-0.15, -0.1) is 0 Å². The van der Waals surface area contributed by atoms with Gasteiger partial charge >= 0.3 is 0 Å². The van der Waals surface area contributed by atoms with Gasteiger partial charge in [0, 0.05) is 38.1 Å². The molecule has 0 N–H and O–H groups in total. The highest BCUT2D eigenvalue weighted by Crippen LogP contribution is 2.40. The van der Waals surface area contributed by atoms with Crippen LogP contribution in [-0.4, -0.2) is 35.3 Å². The second-order valence-corrected chi connectivity index (χ2v) is 6.92. The monoisotopic (exact) mass is 335 g/mol. The van der Waals surface area contributed by atoms with Gasteiger partial charge in [0.25, 0.3) is 0 Å². The van der Waals surface area contributed by atoms with Gasteiger partial charge in [0.2, 0.25) is 11.8 Å². The molecule has 1 saturated heterocycles. The van der Waals surface area contributed by atoms with Crippen molar-refractivity contribution in [2.75, 3.05) is 18.5 Å². The zero-order valence-corrected chi connectivity index (χ0v) is 14.5. The molecular formula is C20H21N3O2. The number of aryl methyl sites for hydroxylation is 1. The maximum atomic E-state index is 13.3. The van der Waals surface area contributed by atoms with Crippen molar-refractivity contribution < 1.29 is 9.59 Å². The van der Waals surface area contributed by atoms with Gasteiger partial charge in [-0.25, -0.2) is 0 Å². The fraction of sp³-hybridized carbons (Fsp3) is 0.350. The van der Waals surface area contributed by atoms with Gasteiger partial charge in [0.05, 0.1) is 12.0 Å². The average Bonchev–Trinajstić information content (AvgIpc) is 3.16. The Morgan fingerprint density at radius 2 is 2.12 bits per heavy atom. The van der Waals surface area contributed by atoms with Crippen LogP contribution in [0.25, 0.3) is 0 Å². The van der Waals surface area contributed by atoms with Gasteiger partial charge in [-0.05, 0) is 42.2 Å². The Bertz CT molecular complexity index is 834. The summed E-state index contributed by atoms with van der Waals surface area (Å²) < 4.78 is 0. The van der Waals surface area contributed by atoms with Crippen molar-refractivity contribution in [3.8, 4) is 0 Å². The van der Waals surface area contributed by atoms with Crippen LogP contribution in [0.4, 0.5) is 5.69 Å². The summed E-state index contributed by atoms with van der Waals surface area (Å²) in [5.74, 6) is -0.320. The normalized spacial score (nSPS) is 22.4. The second-order valence-electron chi connectivity index (χ2n) is 6.92. The molecule has 25 heavy (non-hydrogen) atoms. The highest BCUT2D eigenvalue weighted by Gasteiger charge is 2.45. The van der Waals surface area contributed by atoms with E-state index >= 15 is 0 Å². The molecule has 0 radical (unpaired) electrons. The van der Waals surface area contributed by atoms with Crippen LogP contribution >= 0.6 is 0 Å². The molecule has 4 rings (SSSR count). The fourth-order valence-electron chi connectivity index (χ4n) is 4.02. The molecule has 0 aliphatic carbocycles. The molecular weight excluding hydrogens is 314 g/mol. The number of aromatic nitrogens is 1. The van der Waals surface area contributed by atoms with Crippen LogP contribution < -0.4 is 4.90 Å². The Labute approximate surface area is 147 Å².